The van der Waals surface area contributed by atoms with Gasteiger partial charge in [0.05, 0.1) is 13.2 Å². The molecule has 5 heteroatoms. The summed E-state index contributed by atoms with van der Waals surface area (Å²) in [5.74, 6) is 0. The largest absolute Gasteiger partial charge is 0.487 e. The van der Waals surface area contributed by atoms with Crippen LogP contribution < -0.4 is 0 Å². The van der Waals surface area contributed by atoms with E-state index >= 15 is 0 Å². The molecule has 0 aliphatic carbocycles. The van der Waals surface area contributed by atoms with Gasteiger partial charge in [0.1, 0.15) is 0 Å². The molecule has 0 aromatic carbocycles. The van der Waals surface area contributed by atoms with E-state index in [1.807, 2.05) is 6.26 Å². The minimum absolute atomic E-state index is 0.598. The SMILES string of the molecule is CSC(=S)OCCCCOC(C)=S. The first kappa shape index (κ1) is 13.1. The van der Waals surface area contributed by atoms with Crippen LogP contribution >= 0.6 is 36.2 Å². The number of thioether (sulfide) groups is 1. The van der Waals surface area contributed by atoms with Crippen molar-refractivity contribution in [2.75, 3.05) is 19.5 Å². The van der Waals surface area contributed by atoms with Crippen LogP contribution in [0.2, 0.25) is 0 Å². The van der Waals surface area contributed by atoms with Crippen LogP contribution in [0, 0.1) is 0 Å². The smallest absolute Gasteiger partial charge is 0.219 e. The van der Waals surface area contributed by atoms with Crippen molar-refractivity contribution in [1.29, 1.82) is 0 Å². The van der Waals surface area contributed by atoms with E-state index in [9.17, 15) is 0 Å². The van der Waals surface area contributed by atoms with Crippen molar-refractivity contribution in [3.8, 4) is 0 Å². The van der Waals surface area contributed by atoms with Gasteiger partial charge in [0, 0.05) is 6.92 Å². The van der Waals surface area contributed by atoms with Crippen molar-refractivity contribution < 1.29 is 9.47 Å². The van der Waals surface area contributed by atoms with Gasteiger partial charge >= 0.3 is 0 Å². The Morgan fingerprint density at radius 3 is 2.15 bits per heavy atom. The van der Waals surface area contributed by atoms with E-state index in [1.54, 1.807) is 6.92 Å². The monoisotopic (exact) mass is 238 g/mol. The molecule has 0 N–H and O–H groups in total. The first-order chi connectivity index (χ1) is 6.16. The Bertz CT molecular complexity index is 171. The van der Waals surface area contributed by atoms with Crippen molar-refractivity contribution in [3.63, 3.8) is 0 Å². The van der Waals surface area contributed by atoms with Gasteiger partial charge in [-0.05, 0) is 43.5 Å². The highest BCUT2D eigenvalue weighted by Gasteiger charge is 1.94. The number of ether oxygens (including phenoxy) is 2. The Balaban J connectivity index is 3.08. The third-order valence-electron chi connectivity index (χ3n) is 1.23. The predicted molar refractivity (Wildman–Crippen MR) is 65.5 cm³/mol. The number of thiocarbonyl (C=S) groups is 2. The summed E-state index contributed by atoms with van der Waals surface area (Å²) in [5.41, 5.74) is 0. The van der Waals surface area contributed by atoms with E-state index in [0.717, 1.165) is 12.8 Å². The Hall–Kier alpha value is 0.130. The third-order valence-corrected chi connectivity index (χ3v) is 2.42. The van der Waals surface area contributed by atoms with Crippen LogP contribution in [0.25, 0.3) is 0 Å². The lowest BCUT2D eigenvalue weighted by Gasteiger charge is -2.05. The molecule has 0 aliphatic rings. The Labute approximate surface area is 94.4 Å². The molecule has 0 unspecified atom stereocenters. The lowest BCUT2D eigenvalue weighted by Crippen LogP contribution is -2.02. The molecule has 2 nitrogen and oxygen atoms in total. The Morgan fingerprint density at radius 2 is 1.69 bits per heavy atom. The molecule has 0 heterocycles. The second kappa shape index (κ2) is 8.72. The predicted octanol–water partition coefficient (Wildman–Crippen LogP) is 2.80. The standard InChI is InChI=1S/C8H14O2S3/c1-7(11)9-5-3-4-6-10-8(12)13-2/h3-6H2,1-2H3. The molecule has 0 amide bonds. The fraction of sp³-hybridized carbons (Fsp3) is 0.750. The fourth-order valence-corrected chi connectivity index (χ4v) is 1.00. The van der Waals surface area contributed by atoms with Crippen LogP contribution in [0.3, 0.4) is 0 Å². The van der Waals surface area contributed by atoms with Crippen molar-refractivity contribution in [2.45, 2.75) is 19.8 Å². The lowest BCUT2D eigenvalue weighted by atomic mass is 10.3. The highest BCUT2D eigenvalue weighted by molar-refractivity contribution is 8.22. The van der Waals surface area contributed by atoms with E-state index in [1.165, 1.54) is 11.8 Å². The van der Waals surface area contributed by atoms with E-state index in [4.69, 9.17) is 33.9 Å². The van der Waals surface area contributed by atoms with Crippen LogP contribution in [-0.4, -0.2) is 28.9 Å². The molecule has 0 spiro atoms. The fourth-order valence-electron chi connectivity index (χ4n) is 0.634. The first-order valence-corrected chi connectivity index (χ1v) is 6.05. The highest BCUT2D eigenvalue weighted by Crippen LogP contribution is 2.01. The van der Waals surface area contributed by atoms with Crippen molar-refractivity contribution in [1.82, 2.24) is 0 Å². The van der Waals surface area contributed by atoms with Crippen LogP contribution in [0.15, 0.2) is 0 Å². The molecule has 0 atom stereocenters. The number of rotatable bonds is 5. The zero-order valence-corrected chi connectivity index (χ0v) is 10.3. The average Bonchev–Trinajstić information content (AvgIpc) is 2.10. The summed E-state index contributed by atoms with van der Waals surface area (Å²) in [6.45, 7) is 3.11. The molecular weight excluding hydrogens is 224 g/mol. The van der Waals surface area contributed by atoms with Gasteiger partial charge in [0.25, 0.3) is 0 Å². The first-order valence-electron chi connectivity index (χ1n) is 4.01. The summed E-state index contributed by atoms with van der Waals surface area (Å²) in [6, 6.07) is 0. The van der Waals surface area contributed by atoms with E-state index in [2.05, 4.69) is 0 Å². The van der Waals surface area contributed by atoms with Gasteiger partial charge in [-0.25, -0.2) is 0 Å². The maximum Gasteiger partial charge on any atom is 0.219 e. The molecule has 0 saturated carbocycles. The third kappa shape index (κ3) is 10.0. The average molecular weight is 238 g/mol. The topological polar surface area (TPSA) is 18.5 Å². The summed E-state index contributed by atoms with van der Waals surface area (Å²) in [5, 5.41) is 0.598. The summed E-state index contributed by atoms with van der Waals surface area (Å²) in [7, 11) is 0. The van der Waals surface area contributed by atoms with Gasteiger partial charge in [-0.15, -0.1) is 0 Å². The minimum Gasteiger partial charge on any atom is -0.487 e. The summed E-state index contributed by atoms with van der Waals surface area (Å²) < 4.78 is 10.9. The zero-order chi connectivity index (χ0) is 10.1. The van der Waals surface area contributed by atoms with Crippen LogP contribution in [0.4, 0.5) is 0 Å². The van der Waals surface area contributed by atoms with Gasteiger partial charge in [-0.2, -0.15) is 0 Å². The highest BCUT2D eigenvalue weighted by atomic mass is 32.2. The van der Waals surface area contributed by atoms with E-state index in [-0.39, 0.29) is 0 Å². The van der Waals surface area contributed by atoms with Gasteiger partial charge in [0.2, 0.25) is 4.38 Å². The summed E-state index contributed by atoms with van der Waals surface area (Å²) in [6.07, 6.45) is 3.80. The lowest BCUT2D eigenvalue weighted by molar-refractivity contribution is 0.263. The van der Waals surface area contributed by atoms with Crippen molar-refractivity contribution in [3.05, 3.63) is 0 Å². The van der Waals surface area contributed by atoms with Crippen LogP contribution in [0.5, 0.6) is 0 Å². The van der Waals surface area contributed by atoms with Crippen molar-refractivity contribution >= 4 is 45.6 Å². The van der Waals surface area contributed by atoms with Gasteiger partial charge < -0.3 is 9.47 Å². The molecule has 0 rings (SSSR count). The molecule has 13 heavy (non-hydrogen) atoms. The molecule has 0 bridgehead atoms. The Kier molecular flexibility index (Phi) is 8.80. The molecule has 76 valence electrons. The summed E-state index contributed by atoms with van der Waals surface area (Å²) in [4.78, 5) is 0. The maximum atomic E-state index is 5.20. The Morgan fingerprint density at radius 1 is 1.15 bits per heavy atom. The normalized spacial score (nSPS) is 9.38. The molecule has 0 radical (unpaired) electrons. The van der Waals surface area contributed by atoms with E-state index < -0.39 is 0 Å². The molecule has 0 aromatic rings. The molecule has 0 fully saturated rings. The summed E-state index contributed by atoms with van der Waals surface area (Å²) >= 11 is 11.1. The van der Waals surface area contributed by atoms with Gasteiger partial charge in [-0.1, -0.05) is 11.8 Å². The van der Waals surface area contributed by atoms with Gasteiger partial charge in [-0.3, -0.25) is 0 Å². The number of unbranched alkanes of at least 4 members (excludes halogenated alkanes) is 1. The van der Waals surface area contributed by atoms with Crippen LogP contribution in [-0.2, 0) is 9.47 Å². The maximum absolute atomic E-state index is 5.20. The van der Waals surface area contributed by atoms with E-state index in [0.29, 0.717) is 22.6 Å². The molecule has 0 aromatic heterocycles. The number of hydrogen-bond acceptors (Lipinski definition) is 5. The second-order valence-corrected chi connectivity index (χ2v) is 4.33. The molecular formula is C8H14O2S3. The van der Waals surface area contributed by atoms with Gasteiger partial charge in [0.15, 0.2) is 5.05 Å². The zero-order valence-electron chi connectivity index (χ0n) is 7.87. The molecule has 0 saturated heterocycles. The number of hydrogen-bond donors (Lipinski definition) is 0. The quantitative estimate of drug-likeness (QED) is 0.540. The minimum atomic E-state index is 0.598. The second-order valence-electron chi connectivity index (χ2n) is 2.35. The molecule has 0 aliphatic heterocycles. The van der Waals surface area contributed by atoms with Crippen molar-refractivity contribution in [2.24, 2.45) is 0 Å². The van der Waals surface area contributed by atoms with Crippen LogP contribution in [0.1, 0.15) is 19.8 Å².